The van der Waals surface area contributed by atoms with Crippen molar-refractivity contribution in [2.75, 3.05) is 0 Å². The lowest BCUT2D eigenvalue weighted by molar-refractivity contribution is 0.00578. The van der Waals surface area contributed by atoms with Crippen LogP contribution in [0.2, 0.25) is 0 Å². The molecule has 0 spiro atoms. The number of hydrogen-bond donors (Lipinski definition) is 0. The molecule has 3 rings (SSSR count). The molecule has 1 saturated heterocycles. The lowest BCUT2D eigenvalue weighted by Crippen LogP contribution is -2.41. The zero-order valence-corrected chi connectivity index (χ0v) is 16.0. The SMILES string of the molecule is CC1(C)OB(c2cn(-c3ccnc(Br)c3Br)cn2)OC1(C)C. The van der Waals surface area contributed by atoms with E-state index in [9.17, 15) is 0 Å². The molecule has 0 bridgehead atoms. The number of aromatic nitrogens is 3. The van der Waals surface area contributed by atoms with E-state index in [1.165, 1.54) is 0 Å². The highest BCUT2D eigenvalue weighted by Gasteiger charge is 2.52. The van der Waals surface area contributed by atoms with E-state index < -0.39 is 7.12 Å². The Hall–Kier alpha value is -0.695. The second kappa shape index (κ2) is 5.44. The van der Waals surface area contributed by atoms with Gasteiger partial charge in [0.05, 0.1) is 33.3 Å². The summed E-state index contributed by atoms with van der Waals surface area (Å²) in [5.74, 6) is 0. The molecule has 3 heterocycles. The van der Waals surface area contributed by atoms with Gasteiger partial charge >= 0.3 is 7.12 Å². The zero-order chi connectivity index (χ0) is 16.1. The maximum Gasteiger partial charge on any atom is 0.516 e. The third-order valence-corrected chi connectivity index (χ3v) is 6.12. The van der Waals surface area contributed by atoms with Crippen molar-refractivity contribution in [2.45, 2.75) is 38.9 Å². The van der Waals surface area contributed by atoms with Crippen molar-refractivity contribution in [3.63, 3.8) is 0 Å². The monoisotopic (exact) mass is 427 g/mol. The van der Waals surface area contributed by atoms with Gasteiger partial charge in [-0.25, -0.2) is 9.97 Å². The molecule has 2 aromatic rings. The van der Waals surface area contributed by atoms with Crippen LogP contribution in [0.3, 0.4) is 0 Å². The normalized spacial score (nSPS) is 19.6. The minimum Gasteiger partial charge on any atom is -0.398 e. The highest BCUT2D eigenvalue weighted by Crippen LogP contribution is 2.36. The van der Waals surface area contributed by atoms with Crippen molar-refractivity contribution in [2.24, 2.45) is 0 Å². The number of imidazole rings is 1. The number of halogens is 2. The molecule has 0 N–H and O–H groups in total. The minimum atomic E-state index is -0.463. The van der Waals surface area contributed by atoms with Crippen LogP contribution < -0.4 is 5.59 Å². The fraction of sp³-hybridized carbons (Fsp3) is 0.429. The Bertz CT molecular complexity index is 702. The number of pyridine rings is 1. The van der Waals surface area contributed by atoms with E-state index in [2.05, 4.69) is 41.8 Å². The molecule has 8 heteroatoms. The standard InChI is InChI=1S/C14H16BBr2N3O2/c1-13(2)14(3,4)22-15(21-13)10-7-20(8-19-10)9-5-6-18-12(17)11(9)16/h5-8H,1-4H3. The van der Waals surface area contributed by atoms with Gasteiger partial charge in [-0.15, -0.1) is 0 Å². The first-order valence-corrected chi connectivity index (χ1v) is 8.50. The van der Waals surface area contributed by atoms with Gasteiger partial charge in [-0.2, -0.15) is 0 Å². The summed E-state index contributed by atoms with van der Waals surface area (Å²) in [7, 11) is -0.463. The molecule has 0 atom stereocenters. The Balaban J connectivity index is 1.91. The van der Waals surface area contributed by atoms with Crippen LogP contribution in [0.25, 0.3) is 5.69 Å². The second-order valence-electron chi connectivity index (χ2n) is 6.23. The van der Waals surface area contributed by atoms with Gasteiger partial charge in [0.2, 0.25) is 0 Å². The quantitative estimate of drug-likeness (QED) is 0.545. The van der Waals surface area contributed by atoms with Crippen LogP contribution in [0, 0.1) is 0 Å². The van der Waals surface area contributed by atoms with E-state index >= 15 is 0 Å². The van der Waals surface area contributed by atoms with Crippen molar-refractivity contribution >= 4 is 44.6 Å². The van der Waals surface area contributed by atoms with Gasteiger partial charge in [0.1, 0.15) is 4.60 Å². The molecule has 0 aliphatic carbocycles. The largest absolute Gasteiger partial charge is 0.516 e. The van der Waals surface area contributed by atoms with E-state index in [0.717, 1.165) is 20.4 Å². The molecule has 2 aromatic heterocycles. The summed E-state index contributed by atoms with van der Waals surface area (Å²) in [6, 6.07) is 1.91. The third-order valence-electron chi connectivity index (χ3n) is 4.20. The second-order valence-corrected chi connectivity index (χ2v) is 7.77. The predicted octanol–water partition coefficient (Wildman–Crippen LogP) is 3.09. The predicted molar refractivity (Wildman–Crippen MR) is 92.5 cm³/mol. The molecule has 116 valence electrons. The van der Waals surface area contributed by atoms with E-state index in [1.54, 1.807) is 12.5 Å². The summed E-state index contributed by atoms with van der Waals surface area (Å²) in [5, 5.41) is 0. The molecule has 0 aromatic carbocycles. The summed E-state index contributed by atoms with van der Waals surface area (Å²) >= 11 is 6.93. The fourth-order valence-electron chi connectivity index (χ4n) is 2.16. The Morgan fingerprint density at radius 1 is 1.09 bits per heavy atom. The van der Waals surface area contributed by atoms with E-state index in [4.69, 9.17) is 9.31 Å². The Labute approximate surface area is 146 Å². The lowest BCUT2D eigenvalue weighted by Gasteiger charge is -2.32. The van der Waals surface area contributed by atoms with Gasteiger partial charge in [0.15, 0.2) is 0 Å². The number of hydrogen-bond acceptors (Lipinski definition) is 4. The van der Waals surface area contributed by atoms with E-state index in [-0.39, 0.29) is 11.2 Å². The number of rotatable bonds is 2. The van der Waals surface area contributed by atoms with E-state index in [0.29, 0.717) is 0 Å². The van der Waals surface area contributed by atoms with Gasteiger partial charge in [0, 0.05) is 12.4 Å². The molecule has 1 aliphatic rings. The highest BCUT2D eigenvalue weighted by molar-refractivity contribution is 9.13. The van der Waals surface area contributed by atoms with Crippen LogP contribution in [-0.2, 0) is 9.31 Å². The summed E-state index contributed by atoms with van der Waals surface area (Å²) in [6.07, 6.45) is 5.39. The molecule has 0 unspecified atom stereocenters. The first-order valence-electron chi connectivity index (χ1n) is 6.91. The Kier molecular flexibility index (Phi) is 4.00. The highest BCUT2D eigenvalue weighted by atomic mass is 79.9. The lowest BCUT2D eigenvalue weighted by atomic mass is 9.86. The summed E-state index contributed by atoms with van der Waals surface area (Å²) in [4.78, 5) is 8.61. The zero-order valence-electron chi connectivity index (χ0n) is 12.8. The minimum absolute atomic E-state index is 0.373. The molecule has 1 aliphatic heterocycles. The van der Waals surface area contributed by atoms with Crippen LogP contribution in [0.15, 0.2) is 33.9 Å². The third kappa shape index (κ3) is 2.66. The molecule has 5 nitrogen and oxygen atoms in total. The molecular formula is C14H16BBr2N3O2. The van der Waals surface area contributed by atoms with Crippen molar-refractivity contribution in [3.8, 4) is 5.69 Å². The molecular weight excluding hydrogens is 413 g/mol. The molecule has 0 amide bonds. The van der Waals surface area contributed by atoms with Crippen molar-refractivity contribution in [1.82, 2.24) is 14.5 Å². The van der Waals surface area contributed by atoms with Gasteiger partial charge in [-0.3, -0.25) is 0 Å². The van der Waals surface area contributed by atoms with Crippen LogP contribution in [-0.4, -0.2) is 32.9 Å². The van der Waals surface area contributed by atoms with Gasteiger partial charge in [-0.1, -0.05) is 0 Å². The van der Waals surface area contributed by atoms with Crippen LogP contribution in [0.5, 0.6) is 0 Å². The molecule has 0 saturated carbocycles. The summed E-state index contributed by atoms with van der Waals surface area (Å²) < 4.78 is 15.6. The smallest absolute Gasteiger partial charge is 0.398 e. The van der Waals surface area contributed by atoms with Crippen molar-refractivity contribution in [3.05, 3.63) is 33.9 Å². The first kappa shape index (κ1) is 16.2. The summed E-state index contributed by atoms with van der Waals surface area (Å²) in [5.41, 5.74) is 0.944. The molecule has 0 radical (unpaired) electrons. The average molecular weight is 429 g/mol. The number of nitrogens with zero attached hydrogens (tertiary/aromatic N) is 3. The van der Waals surface area contributed by atoms with Gasteiger partial charge in [-0.05, 0) is 65.6 Å². The van der Waals surface area contributed by atoms with Crippen LogP contribution in [0.4, 0.5) is 0 Å². The van der Waals surface area contributed by atoms with Crippen molar-refractivity contribution < 1.29 is 9.31 Å². The van der Waals surface area contributed by atoms with Crippen LogP contribution in [0.1, 0.15) is 27.7 Å². The van der Waals surface area contributed by atoms with E-state index in [1.807, 2.05) is 44.5 Å². The topological polar surface area (TPSA) is 49.2 Å². The van der Waals surface area contributed by atoms with Crippen molar-refractivity contribution in [1.29, 1.82) is 0 Å². The molecule has 1 fully saturated rings. The van der Waals surface area contributed by atoms with Gasteiger partial charge < -0.3 is 13.9 Å². The van der Waals surface area contributed by atoms with Crippen LogP contribution >= 0.6 is 31.9 Å². The Morgan fingerprint density at radius 2 is 1.73 bits per heavy atom. The summed E-state index contributed by atoms with van der Waals surface area (Å²) in [6.45, 7) is 8.11. The maximum absolute atomic E-state index is 6.02. The van der Waals surface area contributed by atoms with Gasteiger partial charge in [0.25, 0.3) is 0 Å². The fourth-order valence-corrected chi connectivity index (χ4v) is 2.92. The molecule has 22 heavy (non-hydrogen) atoms. The average Bonchev–Trinajstić information content (AvgIpc) is 2.97. The first-order chi connectivity index (χ1) is 10.2. The Morgan fingerprint density at radius 3 is 2.36 bits per heavy atom. The maximum atomic E-state index is 6.02.